The Morgan fingerprint density at radius 1 is 1.12 bits per heavy atom. The van der Waals surface area contributed by atoms with E-state index in [9.17, 15) is 0 Å². The molecule has 1 aromatic heterocycles. The molecular formula is C26H35ClN4S. The van der Waals surface area contributed by atoms with Crippen molar-refractivity contribution in [3.05, 3.63) is 53.2 Å². The molecule has 2 aromatic rings. The molecule has 2 aliphatic rings. The Morgan fingerprint density at radius 2 is 1.88 bits per heavy atom. The lowest BCUT2D eigenvalue weighted by atomic mass is 9.69. The highest BCUT2D eigenvalue weighted by Crippen LogP contribution is 2.39. The van der Waals surface area contributed by atoms with E-state index in [4.69, 9.17) is 28.8 Å². The van der Waals surface area contributed by atoms with Crippen molar-refractivity contribution in [1.82, 2.24) is 10.3 Å². The number of benzene rings is 1. The number of halogens is 1. The minimum absolute atomic E-state index is 0.0820. The summed E-state index contributed by atoms with van der Waals surface area (Å²) in [5.41, 5.74) is 2.32. The Morgan fingerprint density at radius 3 is 2.53 bits per heavy atom. The fourth-order valence-corrected chi connectivity index (χ4v) is 5.92. The van der Waals surface area contributed by atoms with Gasteiger partial charge in [0, 0.05) is 30.1 Å². The van der Waals surface area contributed by atoms with Crippen molar-refractivity contribution in [3.63, 3.8) is 0 Å². The van der Waals surface area contributed by atoms with Crippen molar-refractivity contribution in [2.75, 3.05) is 29.9 Å². The molecule has 2 heterocycles. The summed E-state index contributed by atoms with van der Waals surface area (Å²) in [4.78, 5) is 7.11. The molecule has 2 fully saturated rings. The highest BCUT2D eigenvalue weighted by Gasteiger charge is 2.34. The number of nitrogens with zero attached hydrogens (tertiary/aromatic N) is 2. The summed E-state index contributed by atoms with van der Waals surface area (Å²) < 4.78 is 0. The predicted octanol–water partition coefficient (Wildman–Crippen LogP) is 6.41. The zero-order valence-corrected chi connectivity index (χ0v) is 20.8. The number of anilines is 2. The van der Waals surface area contributed by atoms with Crippen LogP contribution in [0.5, 0.6) is 0 Å². The third kappa shape index (κ3) is 5.74. The second-order valence-electron chi connectivity index (χ2n) is 9.92. The van der Waals surface area contributed by atoms with Gasteiger partial charge in [-0.05, 0) is 73.1 Å². The van der Waals surface area contributed by atoms with Gasteiger partial charge in [0.15, 0.2) is 5.11 Å². The molecule has 0 amide bonds. The minimum Gasteiger partial charge on any atom is -0.362 e. The summed E-state index contributed by atoms with van der Waals surface area (Å²) >= 11 is 11.9. The molecule has 0 spiro atoms. The van der Waals surface area contributed by atoms with Crippen LogP contribution >= 0.6 is 23.8 Å². The van der Waals surface area contributed by atoms with Gasteiger partial charge in [-0.1, -0.05) is 56.8 Å². The quantitative estimate of drug-likeness (QED) is 0.494. The number of hydrogen-bond donors (Lipinski definition) is 2. The highest BCUT2D eigenvalue weighted by molar-refractivity contribution is 7.80. The van der Waals surface area contributed by atoms with Gasteiger partial charge in [-0.2, -0.15) is 0 Å². The van der Waals surface area contributed by atoms with E-state index in [1.165, 1.54) is 31.2 Å². The zero-order chi connectivity index (χ0) is 22.6. The van der Waals surface area contributed by atoms with E-state index in [0.29, 0.717) is 16.9 Å². The van der Waals surface area contributed by atoms with Crippen LogP contribution in [0.1, 0.15) is 57.9 Å². The molecule has 4 rings (SSSR count). The van der Waals surface area contributed by atoms with Crippen molar-refractivity contribution in [1.29, 1.82) is 0 Å². The van der Waals surface area contributed by atoms with Crippen LogP contribution in [0.3, 0.4) is 0 Å². The first-order valence-electron chi connectivity index (χ1n) is 12.0. The zero-order valence-electron chi connectivity index (χ0n) is 19.2. The highest BCUT2D eigenvalue weighted by atomic mass is 35.5. The summed E-state index contributed by atoms with van der Waals surface area (Å²) in [6.45, 7) is 7.62. The van der Waals surface area contributed by atoms with Crippen molar-refractivity contribution in [2.45, 2.75) is 57.8 Å². The fraction of sp³-hybridized carbons (Fsp3) is 0.538. The van der Waals surface area contributed by atoms with E-state index in [-0.39, 0.29) is 5.41 Å². The summed E-state index contributed by atoms with van der Waals surface area (Å²) in [5, 5.41) is 8.26. The average Bonchev–Trinajstić information content (AvgIpc) is 2.78. The van der Waals surface area contributed by atoms with Gasteiger partial charge >= 0.3 is 0 Å². The smallest absolute Gasteiger partial charge is 0.170 e. The first-order valence-corrected chi connectivity index (χ1v) is 12.7. The van der Waals surface area contributed by atoms with Gasteiger partial charge in [-0.15, -0.1) is 0 Å². The Balaban J connectivity index is 1.36. The molecule has 0 bridgehead atoms. The lowest BCUT2D eigenvalue weighted by Gasteiger charge is -2.38. The van der Waals surface area contributed by atoms with Crippen LogP contribution in [0, 0.1) is 11.8 Å². The van der Waals surface area contributed by atoms with E-state index in [2.05, 4.69) is 59.7 Å². The maximum atomic E-state index is 6.31. The molecule has 1 aromatic carbocycles. The molecule has 2 atom stereocenters. The lowest BCUT2D eigenvalue weighted by Crippen LogP contribution is -2.43. The molecular weight excluding hydrogens is 436 g/mol. The van der Waals surface area contributed by atoms with Gasteiger partial charge in [-0.25, -0.2) is 4.98 Å². The molecule has 0 radical (unpaired) electrons. The number of piperidine rings is 1. The summed E-state index contributed by atoms with van der Waals surface area (Å²) in [5.74, 6) is 2.47. The van der Waals surface area contributed by atoms with Gasteiger partial charge in [0.2, 0.25) is 0 Å². The van der Waals surface area contributed by atoms with Gasteiger partial charge < -0.3 is 15.5 Å². The minimum atomic E-state index is 0.0820. The summed E-state index contributed by atoms with van der Waals surface area (Å²) in [7, 11) is 0. The van der Waals surface area contributed by atoms with Crippen LogP contribution in [0.25, 0.3) is 0 Å². The number of pyridine rings is 1. The maximum Gasteiger partial charge on any atom is 0.170 e. The van der Waals surface area contributed by atoms with Crippen molar-refractivity contribution in [3.8, 4) is 0 Å². The molecule has 32 heavy (non-hydrogen) atoms. The van der Waals surface area contributed by atoms with Crippen molar-refractivity contribution in [2.24, 2.45) is 11.8 Å². The van der Waals surface area contributed by atoms with Crippen LogP contribution in [0.4, 0.5) is 11.5 Å². The Bertz CT molecular complexity index is 900. The van der Waals surface area contributed by atoms with Crippen molar-refractivity contribution >= 4 is 40.4 Å². The second-order valence-corrected chi connectivity index (χ2v) is 10.8. The Kier molecular flexibility index (Phi) is 7.57. The first-order chi connectivity index (χ1) is 15.4. The molecule has 172 valence electrons. The third-order valence-corrected chi connectivity index (χ3v) is 7.52. The van der Waals surface area contributed by atoms with Gasteiger partial charge in [0.05, 0.1) is 11.9 Å². The van der Waals surface area contributed by atoms with Crippen LogP contribution < -0.4 is 15.5 Å². The fourth-order valence-electron chi connectivity index (χ4n) is 5.54. The Labute approximate surface area is 203 Å². The second kappa shape index (κ2) is 10.4. The van der Waals surface area contributed by atoms with E-state index in [0.717, 1.165) is 49.0 Å². The van der Waals surface area contributed by atoms with E-state index >= 15 is 0 Å². The lowest BCUT2D eigenvalue weighted by molar-refractivity contribution is 0.292. The van der Waals surface area contributed by atoms with Crippen LogP contribution in [-0.4, -0.2) is 29.7 Å². The Hall–Kier alpha value is -1.85. The van der Waals surface area contributed by atoms with E-state index < -0.39 is 0 Å². The molecule has 1 aliphatic heterocycles. The van der Waals surface area contributed by atoms with Crippen LogP contribution in [-0.2, 0) is 5.41 Å². The SMILES string of the molecule is C[C@@H]1C[C@H](C)CN(c2ccc(NC(=S)NCC3(c4cccc(Cl)c4)CCCCC3)cn2)C1. The van der Waals surface area contributed by atoms with Crippen LogP contribution in [0.15, 0.2) is 42.6 Å². The average molecular weight is 471 g/mol. The third-order valence-electron chi connectivity index (χ3n) is 7.03. The molecule has 1 saturated carbocycles. The topological polar surface area (TPSA) is 40.2 Å². The number of nitrogens with one attached hydrogen (secondary N) is 2. The summed E-state index contributed by atoms with van der Waals surface area (Å²) in [6, 6.07) is 12.5. The number of rotatable bonds is 5. The van der Waals surface area contributed by atoms with E-state index in [1.807, 2.05) is 12.3 Å². The van der Waals surface area contributed by atoms with Crippen LogP contribution in [0.2, 0.25) is 5.02 Å². The molecule has 0 unspecified atom stereocenters. The molecule has 6 heteroatoms. The first kappa shape index (κ1) is 23.3. The number of aromatic nitrogens is 1. The van der Waals surface area contributed by atoms with E-state index in [1.54, 1.807) is 0 Å². The largest absolute Gasteiger partial charge is 0.362 e. The molecule has 1 saturated heterocycles. The molecule has 1 aliphatic carbocycles. The molecule has 2 N–H and O–H groups in total. The normalized spacial score (nSPS) is 22.9. The maximum absolute atomic E-state index is 6.31. The number of thiocarbonyl (C=S) groups is 1. The number of hydrogen-bond acceptors (Lipinski definition) is 3. The predicted molar refractivity (Wildman–Crippen MR) is 140 cm³/mol. The standard InChI is InChI=1S/C26H35ClN4S/c1-19-13-20(2)17-31(16-19)24-10-9-23(15-28-24)30-25(32)29-18-26(11-4-3-5-12-26)21-7-6-8-22(27)14-21/h6-10,14-15,19-20H,3-5,11-13,16-18H2,1-2H3,(H2,29,30,32)/t19-,20+. The van der Waals surface area contributed by atoms with Gasteiger partial charge in [-0.3, -0.25) is 0 Å². The van der Waals surface area contributed by atoms with Crippen molar-refractivity contribution < 1.29 is 0 Å². The van der Waals surface area contributed by atoms with Gasteiger partial charge in [0.25, 0.3) is 0 Å². The summed E-state index contributed by atoms with van der Waals surface area (Å²) in [6.07, 6.45) is 9.30. The monoisotopic (exact) mass is 470 g/mol. The molecule has 4 nitrogen and oxygen atoms in total. The van der Waals surface area contributed by atoms with Gasteiger partial charge in [0.1, 0.15) is 5.82 Å².